The molecule has 3 nitrogen and oxygen atoms in total. The molecule has 0 atom stereocenters. The van der Waals surface area contributed by atoms with Gasteiger partial charge < -0.3 is 4.74 Å². The third kappa shape index (κ3) is 3.13. The molecule has 0 N–H and O–H groups in total. The maximum atomic E-state index is 9.62. The number of pyridine rings is 1. The molecule has 0 unspecified atom stereocenters. The molecular formula is C21H18N2O. The standard InChI is InChI=1S/C21H18N2O/c1-3-24-21-19(14-22)18(16-9-5-4-6-10-16)13-20(23-21)17-11-7-8-15(2)12-17/h4-13H,3H2,1-2H3. The van der Waals surface area contributed by atoms with Crippen molar-refractivity contribution in [3.05, 3.63) is 71.8 Å². The molecule has 0 bridgehead atoms. The van der Waals surface area contributed by atoms with Crippen molar-refractivity contribution in [3.63, 3.8) is 0 Å². The molecule has 0 amide bonds. The second kappa shape index (κ2) is 6.97. The lowest BCUT2D eigenvalue weighted by molar-refractivity contribution is 0.326. The number of aryl methyl sites for hydroxylation is 1. The van der Waals surface area contributed by atoms with Gasteiger partial charge in [-0.25, -0.2) is 4.98 Å². The van der Waals surface area contributed by atoms with Gasteiger partial charge in [0.05, 0.1) is 12.3 Å². The zero-order valence-electron chi connectivity index (χ0n) is 13.8. The summed E-state index contributed by atoms with van der Waals surface area (Å²) in [6.45, 7) is 4.41. The highest BCUT2D eigenvalue weighted by Gasteiger charge is 2.16. The number of ether oxygens (including phenoxy) is 1. The lowest BCUT2D eigenvalue weighted by Crippen LogP contribution is -2.01. The molecule has 0 aliphatic rings. The molecule has 2 aromatic carbocycles. The molecule has 0 saturated heterocycles. The first-order valence-electron chi connectivity index (χ1n) is 7.93. The Hall–Kier alpha value is -3.12. The minimum absolute atomic E-state index is 0.387. The second-order valence-electron chi connectivity index (χ2n) is 5.52. The molecule has 0 aliphatic heterocycles. The minimum atomic E-state index is 0.387. The van der Waals surface area contributed by atoms with E-state index in [1.54, 1.807) is 0 Å². The van der Waals surface area contributed by atoms with Crippen molar-refractivity contribution in [1.29, 1.82) is 5.26 Å². The Kier molecular flexibility index (Phi) is 4.58. The highest BCUT2D eigenvalue weighted by Crippen LogP contribution is 2.33. The largest absolute Gasteiger partial charge is 0.477 e. The molecule has 0 saturated carbocycles. The fourth-order valence-corrected chi connectivity index (χ4v) is 2.67. The van der Waals surface area contributed by atoms with Gasteiger partial charge in [0.1, 0.15) is 11.6 Å². The van der Waals surface area contributed by atoms with E-state index in [9.17, 15) is 5.26 Å². The first-order valence-corrected chi connectivity index (χ1v) is 7.93. The van der Waals surface area contributed by atoms with Gasteiger partial charge in [0.25, 0.3) is 0 Å². The Morgan fingerprint density at radius 1 is 1.00 bits per heavy atom. The van der Waals surface area contributed by atoms with E-state index in [-0.39, 0.29) is 0 Å². The Morgan fingerprint density at radius 3 is 2.42 bits per heavy atom. The van der Waals surface area contributed by atoms with Gasteiger partial charge >= 0.3 is 0 Å². The quantitative estimate of drug-likeness (QED) is 0.681. The number of nitrogens with zero attached hydrogens (tertiary/aromatic N) is 2. The molecule has 0 aliphatic carbocycles. The summed E-state index contributed by atoms with van der Waals surface area (Å²) in [6, 6.07) is 22.2. The summed E-state index contributed by atoms with van der Waals surface area (Å²) in [6.07, 6.45) is 0. The second-order valence-corrected chi connectivity index (χ2v) is 5.52. The highest BCUT2D eigenvalue weighted by molar-refractivity contribution is 5.77. The normalized spacial score (nSPS) is 10.2. The number of rotatable bonds is 4. The van der Waals surface area contributed by atoms with Crippen LogP contribution in [-0.2, 0) is 0 Å². The highest BCUT2D eigenvalue weighted by atomic mass is 16.5. The number of hydrogen-bond acceptors (Lipinski definition) is 3. The number of aromatic nitrogens is 1. The predicted octanol–water partition coefficient (Wildman–Crippen LogP) is 4.99. The van der Waals surface area contributed by atoms with E-state index in [1.165, 1.54) is 0 Å². The van der Waals surface area contributed by atoms with Crippen molar-refractivity contribution in [2.24, 2.45) is 0 Å². The summed E-state index contributed by atoms with van der Waals surface area (Å²) in [7, 11) is 0. The van der Waals surface area contributed by atoms with Crippen LogP contribution in [0.4, 0.5) is 0 Å². The lowest BCUT2D eigenvalue weighted by Gasteiger charge is -2.13. The maximum Gasteiger partial charge on any atom is 0.232 e. The SMILES string of the molecule is CCOc1nc(-c2cccc(C)c2)cc(-c2ccccc2)c1C#N. The Balaban J connectivity index is 2.25. The fraction of sp³-hybridized carbons (Fsp3) is 0.143. The van der Waals surface area contributed by atoms with Gasteiger partial charge in [-0.05, 0) is 31.5 Å². The van der Waals surface area contributed by atoms with Crippen molar-refractivity contribution in [2.45, 2.75) is 13.8 Å². The molecule has 3 aromatic rings. The molecule has 1 aromatic heterocycles. The summed E-state index contributed by atoms with van der Waals surface area (Å²) in [5.41, 5.74) is 5.27. The Morgan fingerprint density at radius 2 is 1.75 bits per heavy atom. The molecule has 0 radical (unpaired) electrons. The number of nitriles is 1. The van der Waals surface area contributed by atoms with Crippen LogP contribution in [0.3, 0.4) is 0 Å². The Bertz CT molecular complexity index is 895. The lowest BCUT2D eigenvalue weighted by atomic mass is 9.98. The molecule has 24 heavy (non-hydrogen) atoms. The summed E-state index contributed by atoms with van der Waals surface area (Å²) in [5.74, 6) is 0.387. The third-order valence-electron chi connectivity index (χ3n) is 3.78. The van der Waals surface area contributed by atoms with Gasteiger partial charge in [-0.15, -0.1) is 0 Å². The topological polar surface area (TPSA) is 45.9 Å². The van der Waals surface area contributed by atoms with Crippen LogP contribution in [0.1, 0.15) is 18.1 Å². The van der Waals surface area contributed by atoms with Crippen LogP contribution < -0.4 is 4.74 Å². The summed E-state index contributed by atoms with van der Waals surface area (Å²) in [5, 5.41) is 9.62. The van der Waals surface area contributed by atoms with Crippen LogP contribution in [0.2, 0.25) is 0 Å². The zero-order valence-corrected chi connectivity index (χ0v) is 13.8. The van der Waals surface area contributed by atoms with Crippen molar-refractivity contribution in [2.75, 3.05) is 6.61 Å². The van der Waals surface area contributed by atoms with E-state index in [0.717, 1.165) is 27.9 Å². The van der Waals surface area contributed by atoms with Crippen LogP contribution in [0, 0.1) is 18.3 Å². The summed E-state index contributed by atoms with van der Waals surface area (Å²) >= 11 is 0. The molecular weight excluding hydrogens is 296 g/mol. The van der Waals surface area contributed by atoms with Gasteiger partial charge in [0.2, 0.25) is 5.88 Å². The smallest absolute Gasteiger partial charge is 0.232 e. The van der Waals surface area contributed by atoms with E-state index in [4.69, 9.17) is 4.74 Å². The summed E-state index contributed by atoms with van der Waals surface area (Å²) < 4.78 is 5.65. The van der Waals surface area contributed by atoms with E-state index >= 15 is 0 Å². The predicted molar refractivity (Wildman–Crippen MR) is 95.7 cm³/mol. The average Bonchev–Trinajstić information content (AvgIpc) is 2.62. The molecule has 1 heterocycles. The van der Waals surface area contributed by atoms with Gasteiger partial charge in [-0.2, -0.15) is 5.26 Å². The molecule has 0 spiro atoms. The van der Waals surface area contributed by atoms with E-state index < -0.39 is 0 Å². The van der Waals surface area contributed by atoms with Crippen LogP contribution in [0.5, 0.6) is 5.88 Å². The zero-order chi connectivity index (χ0) is 16.9. The van der Waals surface area contributed by atoms with Crippen LogP contribution in [0.25, 0.3) is 22.4 Å². The van der Waals surface area contributed by atoms with Crippen LogP contribution >= 0.6 is 0 Å². The molecule has 0 fully saturated rings. The van der Waals surface area contributed by atoms with Gasteiger partial charge in [0.15, 0.2) is 0 Å². The first kappa shape index (κ1) is 15.8. The average molecular weight is 314 g/mol. The maximum absolute atomic E-state index is 9.62. The molecule has 3 rings (SSSR count). The minimum Gasteiger partial charge on any atom is -0.477 e. The number of benzene rings is 2. The van der Waals surface area contributed by atoms with E-state index in [0.29, 0.717) is 18.1 Å². The van der Waals surface area contributed by atoms with E-state index in [1.807, 2.05) is 55.5 Å². The van der Waals surface area contributed by atoms with Crippen molar-refractivity contribution < 1.29 is 4.74 Å². The monoisotopic (exact) mass is 314 g/mol. The van der Waals surface area contributed by atoms with Crippen molar-refractivity contribution in [3.8, 4) is 34.3 Å². The van der Waals surface area contributed by atoms with Gasteiger partial charge in [-0.3, -0.25) is 0 Å². The van der Waals surface area contributed by atoms with Gasteiger partial charge in [0, 0.05) is 11.1 Å². The van der Waals surface area contributed by atoms with Gasteiger partial charge in [-0.1, -0.05) is 54.1 Å². The molecule has 118 valence electrons. The van der Waals surface area contributed by atoms with Crippen LogP contribution in [-0.4, -0.2) is 11.6 Å². The van der Waals surface area contributed by atoms with Crippen molar-refractivity contribution in [1.82, 2.24) is 4.98 Å². The number of hydrogen-bond donors (Lipinski definition) is 0. The van der Waals surface area contributed by atoms with Crippen LogP contribution in [0.15, 0.2) is 60.7 Å². The molecule has 3 heteroatoms. The fourth-order valence-electron chi connectivity index (χ4n) is 2.67. The Labute approximate surface area is 142 Å². The summed E-state index contributed by atoms with van der Waals surface area (Å²) in [4.78, 5) is 4.59. The van der Waals surface area contributed by atoms with Crippen molar-refractivity contribution >= 4 is 0 Å². The van der Waals surface area contributed by atoms with E-state index in [2.05, 4.69) is 30.1 Å². The first-order chi connectivity index (χ1) is 11.7. The third-order valence-corrected chi connectivity index (χ3v) is 3.78.